The number of hydrazone groups is 1. The molecule has 6 nitrogen and oxygen atoms in total. The lowest BCUT2D eigenvalue weighted by molar-refractivity contribution is 0.473. The monoisotopic (exact) mass is 142 g/mol. The molecule has 0 aliphatic heterocycles. The molecule has 0 saturated carbocycles. The molecule has 6 heteroatoms. The number of hydrogen-bond acceptors (Lipinski definition) is 4. The molecule has 56 valence electrons. The molecule has 0 spiro atoms. The van der Waals surface area contributed by atoms with Gasteiger partial charge < -0.3 is 5.84 Å². The third kappa shape index (κ3) is 2.21. The highest BCUT2D eigenvalue weighted by atomic mass is 15.5. The number of rotatable bonds is 1. The van der Waals surface area contributed by atoms with E-state index in [2.05, 4.69) is 16.4 Å². The third-order valence-corrected chi connectivity index (χ3v) is 0.785. The summed E-state index contributed by atoms with van der Waals surface area (Å²) in [7, 11) is 0. The van der Waals surface area contributed by atoms with E-state index in [1.807, 2.05) is 0 Å². The quantitative estimate of drug-likeness (QED) is 0.106. The summed E-state index contributed by atoms with van der Waals surface area (Å²) in [6, 6.07) is 0. The highest BCUT2D eigenvalue weighted by molar-refractivity contribution is 5.78. The minimum atomic E-state index is 0.137. The van der Waals surface area contributed by atoms with E-state index < -0.39 is 0 Å². The summed E-state index contributed by atoms with van der Waals surface area (Å²) in [5, 5.41) is 4.32. The molecule has 0 heterocycles. The van der Waals surface area contributed by atoms with Gasteiger partial charge in [0.05, 0.1) is 6.54 Å². The van der Waals surface area contributed by atoms with Crippen LogP contribution in [-0.4, -0.2) is 17.5 Å². The Kier molecular flexibility index (Phi) is 3.79. The Bertz CT molecular complexity index is 156. The van der Waals surface area contributed by atoms with E-state index in [0.29, 0.717) is 0 Å². The maximum Gasteiger partial charge on any atom is 0.245 e. The average molecular weight is 142 g/mol. The molecule has 0 aliphatic carbocycles. The van der Waals surface area contributed by atoms with E-state index in [9.17, 15) is 0 Å². The van der Waals surface area contributed by atoms with Crippen LogP contribution in [0.2, 0.25) is 0 Å². The van der Waals surface area contributed by atoms with Crippen LogP contribution in [0.4, 0.5) is 0 Å². The predicted molar refractivity (Wildman–Crippen MR) is 38.7 cm³/mol. The predicted octanol–water partition coefficient (Wildman–Crippen LogP) is -2.51. The van der Waals surface area contributed by atoms with Gasteiger partial charge in [-0.3, -0.25) is 10.4 Å². The van der Waals surface area contributed by atoms with Gasteiger partial charge in [0, 0.05) is 0 Å². The summed E-state index contributed by atoms with van der Waals surface area (Å²) >= 11 is 0. The zero-order valence-corrected chi connectivity index (χ0v) is 5.41. The largest absolute Gasteiger partial charge is 0.320 e. The van der Waals surface area contributed by atoms with Crippen LogP contribution in [0.1, 0.15) is 0 Å². The van der Waals surface area contributed by atoms with E-state index in [4.69, 9.17) is 24.0 Å². The minimum absolute atomic E-state index is 0.137. The number of nitrogens with zero attached hydrogens (tertiary/aromatic N) is 2. The van der Waals surface area contributed by atoms with Gasteiger partial charge in [-0.2, -0.15) is 0 Å². The second kappa shape index (κ2) is 4.43. The van der Waals surface area contributed by atoms with Crippen molar-refractivity contribution >= 4 is 5.96 Å². The summed E-state index contributed by atoms with van der Waals surface area (Å²) in [5.74, 6) is 17.5. The Morgan fingerprint density at radius 3 is 2.70 bits per heavy atom. The summed E-state index contributed by atoms with van der Waals surface area (Å²) in [5.41, 5.74) is 2.17. The standard InChI is InChI=1S/C4H10N6/c1-2-3-10(7)4(8-5)9-6/h1H,3,5-7H2,(H,8,9). The molecule has 0 amide bonds. The lowest BCUT2D eigenvalue weighted by Gasteiger charge is -2.15. The minimum Gasteiger partial charge on any atom is -0.320 e. The van der Waals surface area contributed by atoms with Crippen molar-refractivity contribution in [2.45, 2.75) is 0 Å². The van der Waals surface area contributed by atoms with Gasteiger partial charge in [0.1, 0.15) is 0 Å². The molecule has 0 bridgehead atoms. The first-order valence-corrected chi connectivity index (χ1v) is 2.46. The summed E-state index contributed by atoms with van der Waals surface area (Å²) in [4.78, 5) is 0. The topological polar surface area (TPSA) is 106 Å². The molecule has 0 aromatic rings. The molecule has 10 heavy (non-hydrogen) atoms. The number of hydrazine groups is 2. The van der Waals surface area contributed by atoms with E-state index >= 15 is 0 Å². The van der Waals surface area contributed by atoms with Crippen LogP contribution < -0.4 is 23.0 Å². The van der Waals surface area contributed by atoms with Crippen LogP contribution >= 0.6 is 0 Å². The van der Waals surface area contributed by atoms with Gasteiger partial charge in [-0.15, -0.1) is 11.5 Å². The second-order valence-electron chi connectivity index (χ2n) is 1.43. The van der Waals surface area contributed by atoms with Crippen molar-refractivity contribution in [2.75, 3.05) is 6.54 Å². The molecule has 0 fully saturated rings. The first-order chi connectivity index (χ1) is 4.76. The molecule has 0 atom stereocenters. The molecule has 0 aromatic carbocycles. The molecule has 0 saturated heterocycles. The lowest BCUT2D eigenvalue weighted by Crippen LogP contribution is -2.49. The lowest BCUT2D eigenvalue weighted by atomic mass is 10.6. The number of nitrogens with one attached hydrogen (secondary N) is 1. The van der Waals surface area contributed by atoms with Crippen molar-refractivity contribution in [3.8, 4) is 12.3 Å². The number of hydrogen-bond donors (Lipinski definition) is 4. The van der Waals surface area contributed by atoms with Gasteiger partial charge in [-0.25, -0.2) is 11.7 Å². The Morgan fingerprint density at radius 1 is 1.80 bits per heavy atom. The first-order valence-electron chi connectivity index (χ1n) is 2.46. The fourth-order valence-electron chi connectivity index (χ4n) is 0.368. The van der Waals surface area contributed by atoms with Crippen LogP contribution in [0.5, 0.6) is 0 Å². The molecule has 0 aliphatic rings. The van der Waals surface area contributed by atoms with Crippen LogP contribution in [0.25, 0.3) is 0 Å². The molecule has 0 radical (unpaired) electrons. The fourth-order valence-corrected chi connectivity index (χ4v) is 0.368. The van der Waals surface area contributed by atoms with Crippen LogP contribution in [0.15, 0.2) is 5.10 Å². The molecule has 7 N–H and O–H groups in total. The van der Waals surface area contributed by atoms with E-state index in [1.54, 1.807) is 0 Å². The Morgan fingerprint density at radius 2 is 2.40 bits per heavy atom. The van der Waals surface area contributed by atoms with Gasteiger partial charge >= 0.3 is 0 Å². The summed E-state index contributed by atoms with van der Waals surface area (Å²) < 4.78 is 0. The Labute approximate surface area is 59.0 Å². The number of nitrogens with two attached hydrogens (primary N) is 3. The van der Waals surface area contributed by atoms with Crippen LogP contribution in [0.3, 0.4) is 0 Å². The van der Waals surface area contributed by atoms with E-state index in [0.717, 1.165) is 5.01 Å². The summed E-state index contributed by atoms with van der Waals surface area (Å²) in [6.07, 6.45) is 4.94. The highest BCUT2D eigenvalue weighted by Crippen LogP contribution is 1.73. The van der Waals surface area contributed by atoms with Gasteiger partial charge in [-0.1, -0.05) is 5.92 Å². The normalized spacial score (nSPS) is 10.3. The number of terminal acetylenes is 1. The Balaban J connectivity index is 3.93. The van der Waals surface area contributed by atoms with Gasteiger partial charge in [-0.05, 0) is 0 Å². The maximum absolute atomic E-state index is 5.29. The first kappa shape index (κ1) is 8.55. The van der Waals surface area contributed by atoms with Crippen molar-refractivity contribution in [2.24, 2.45) is 22.6 Å². The third-order valence-electron chi connectivity index (χ3n) is 0.785. The van der Waals surface area contributed by atoms with Crippen molar-refractivity contribution < 1.29 is 0 Å². The SMILES string of the molecule is C#CCN(N)/C(=N/N)NN. The zero-order chi connectivity index (χ0) is 7.98. The van der Waals surface area contributed by atoms with Crippen molar-refractivity contribution in [3.05, 3.63) is 0 Å². The van der Waals surface area contributed by atoms with Gasteiger partial charge in [0.15, 0.2) is 0 Å². The molecule has 0 aromatic heterocycles. The Hall–Kier alpha value is -1.45. The second-order valence-corrected chi connectivity index (χ2v) is 1.43. The highest BCUT2D eigenvalue weighted by Gasteiger charge is 2.00. The maximum atomic E-state index is 5.29. The number of guanidine groups is 1. The summed E-state index contributed by atoms with van der Waals surface area (Å²) in [6.45, 7) is 0.195. The average Bonchev–Trinajstić information content (AvgIpc) is 1.91. The van der Waals surface area contributed by atoms with Gasteiger partial charge in [0.25, 0.3) is 0 Å². The smallest absolute Gasteiger partial charge is 0.245 e. The molecular formula is C4H10N6. The van der Waals surface area contributed by atoms with Crippen LogP contribution in [-0.2, 0) is 0 Å². The molecular weight excluding hydrogens is 132 g/mol. The van der Waals surface area contributed by atoms with Crippen molar-refractivity contribution in [1.29, 1.82) is 0 Å². The van der Waals surface area contributed by atoms with Crippen LogP contribution in [0, 0.1) is 12.3 Å². The molecule has 0 rings (SSSR count). The van der Waals surface area contributed by atoms with E-state index in [-0.39, 0.29) is 12.5 Å². The van der Waals surface area contributed by atoms with Crippen molar-refractivity contribution in [1.82, 2.24) is 10.4 Å². The molecule has 0 unspecified atom stereocenters. The zero-order valence-electron chi connectivity index (χ0n) is 5.41. The van der Waals surface area contributed by atoms with Gasteiger partial charge in [0.2, 0.25) is 5.96 Å². The van der Waals surface area contributed by atoms with E-state index in [1.165, 1.54) is 0 Å². The fraction of sp³-hybridized carbons (Fsp3) is 0.250. The van der Waals surface area contributed by atoms with Crippen molar-refractivity contribution in [3.63, 3.8) is 0 Å².